The molecule has 0 aliphatic rings. The first-order valence-electron chi connectivity index (χ1n) is 9.39. The maximum atomic E-state index is 4.72. The summed E-state index contributed by atoms with van der Waals surface area (Å²) in [4.78, 5) is 11.4. The van der Waals surface area contributed by atoms with Crippen molar-refractivity contribution in [3.05, 3.63) is 65.5 Å². The SMILES string of the molecule is CCNC(=NCc1cccc(CN(C)CC)c1)NCCc1ccccn1. The van der Waals surface area contributed by atoms with Crippen molar-refractivity contribution in [1.82, 2.24) is 20.5 Å². The van der Waals surface area contributed by atoms with E-state index in [0.29, 0.717) is 6.54 Å². The molecular weight excluding hydrogens is 322 g/mol. The molecule has 2 N–H and O–H groups in total. The summed E-state index contributed by atoms with van der Waals surface area (Å²) >= 11 is 0. The van der Waals surface area contributed by atoms with Gasteiger partial charge in [0.1, 0.15) is 0 Å². The molecule has 0 atom stereocenters. The Bertz CT molecular complexity index is 669. The molecule has 0 saturated carbocycles. The van der Waals surface area contributed by atoms with Crippen LogP contribution in [0.15, 0.2) is 53.7 Å². The predicted molar refractivity (Wildman–Crippen MR) is 109 cm³/mol. The van der Waals surface area contributed by atoms with Gasteiger partial charge in [-0.15, -0.1) is 0 Å². The normalized spacial score (nSPS) is 11.6. The Labute approximate surface area is 157 Å². The van der Waals surface area contributed by atoms with Crippen LogP contribution >= 0.6 is 0 Å². The van der Waals surface area contributed by atoms with E-state index in [1.807, 2.05) is 24.4 Å². The zero-order chi connectivity index (χ0) is 18.6. The fraction of sp³-hybridized carbons (Fsp3) is 0.429. The highest BCUT2D eigenvalue weighted by molar-refractivity contribution is 5.79. The number of hydrogen-bond donors (Lipinski definition) is 2. The Morgan fingerprint density at radius 3 is 2.65 bits per heavy atom. The first-order chi connectivity index (χ1) is 12.7. The molecule has 0 radical (unpaired) electrons. The first kappa shape index (κ1) is 19.9. The second-order valence-electron chi connectivity index (χ2n) is 6.34. The van der Waals surface area contributed by atoms with Gasteiger partial charge in [0.05, 0.1) is 6.54 Å². The molecule has 2 aromatic rings. The van der Waals surface area contributed by atoms with Gasteiger partial charge in [-0.1, -0.05) is 37.3 Å². The van der Waals surface area contributed by atoms with E-state index in [4.69, 9.17) is 4.99 Å². The van der Waals surface area contributed by atoms with Crippen LogP contribution in [0.2, 0.25) is 0 Å². The summed E-state index contributed by atoms with van der Waals surface area (Å²) < 4.78 is 0. The number of pyridine rings is 1. The van der Waals surface area contributed by atoms with Gasteiger partial charge in [0.2, 0.25) is 0 Å². The molecular formula is C21H31N5. The Kier molecular flexibility index (Phi) is 8.63. The summed E-state index contributed by atoms with van der Waals surface area (Å²) in [7, 11) is 2.14. The summed E-state index contributed by atoms with van der Waals surface area (Å²) in [6, 6.07) is 14.7. The lowest BCUT2D eigenvalue weighted by Gasteiger charge is -2.14. The molecule has 0 aliphatic carbocycles. The fourth-order valence-electron chi connectivity index (χ4n) is 2.62. The molecule has 0 fully saturated rings. The van der Waals surface area contributed by atoms with E-state index < -0.39 is 0 Å². The summed E-state index contributed by atoms with van der Waals surface area (Å²) in [5, 5.41) is 6.69. The van der Waals surface area contributed by atoms with Crippen molar-refractivity contribution >= 4 is 5.96 Å². The standard InChI is InChI=1S/C21H31N5/c1-4-22-21(24-14-12-20-11-6-7-13-23-20)25-16-18-9-8-10-19(15-18)17-26(3)5-2/h6-11,13,15H,4-5,12,14,16-17H2,1-3H3,(H2,22,24,25). The van der Waals surface area contributed by atoms with Crippen LogP contribution in [0.3, 0.4) is 0 Å². The number of nitrogens with zero attached hydrogens (tertiary/aromatic N) is 3. The van der Waals surface area contributed by atoms with Gasteiger partial charge in [0, 0.05) is 37.9 Å². The van der Waals surface area contributed by atoms with Crippen molar-refractivity contribution in [3.63, 3.8) is 0 Å². The number of benzene rings is 1. The van der Waals surface area contributed by atoms with E-state index in [0.717, 1.165) is 44.3 Å². The summed E-state index contributed by atoms with van der Waals surface area (Å²) in [6.45, 7) is 8.59. The van der Waals surface area contributed by atoms with Gasteiger partial charge in [-0.3, -0.25) is 4.98 Å². The largest absolute Gasteiger partial charge is 0.357 e. The molecule has 26 heavy (non-hydrogen) atoms. The third-order valence-corrected chi connectivity index (χ3v) is 4.15. The van der Waals surface area contributed by atoms with Gasteiger partial charge in [-0.05, 0) is 43.8 Å². The summed E-state index contributed by atoms with van der Waals surface area (Å²) in [5.41, 5.74) is 3.65. The third-order valence-electron chi connectivity index (χ3n) is 4.15. The van der Waals surface area contributed by atoms with E-state index >= 15 is 0 Å². The van der Waals surface area contributed by atoms with Crippen LogP contribution < -0.4 is 10.6 Å². The molecule has 140 valence electrons. The molecule has 0 unspecified atom stereocenters. The lowest BCUT2D eigenvalue weighted by atomic mass is 10.1. The number of guanidine groups is 1. The van der Waals surface area contributed by atoms with E-state index in [1.54, 1.807) is 0 Å². The van der Waals surface area contributed by atoms with Gasteiger partial charge in [-0.2, -0.15) is 0 Å². The Morgan fingerprint density at radius 1 is 1.08 bits per heavy atom. The summed E-state index contributed by atoms with van der Waals surface area (Å²) in [5.74, 6) is 0.847. The van der Waals surface area contributed by atoms with Crippen molar-refractivity contribution in [2.75, 3.05) is 26.7 Å². The molecule has 1 heterocycles. The van der Waals surface area contributed by atoms with Crippen molar-refractivity contribution in [2.45, 2.75) is 33.4 Å². The van der Waals surface area contributed by atoms with Crippen LogP contribution in [-0.4, -0.2) is 42.5 Å². The van der Waals surface area contributed by atoms with Crippen molar-refractivity contribution in [1.29, 1.82) is 0 Å². The second kappa shape index (κ2) is 11.3. The highest BCUT2D eigenvalue weighted by Crippen LogP contribution is 2.08. The molecule has 1 aromatic heterocycles. The van der Waals surface area contributed by atoms with Crippen molar-refractivity contribution in [2.24, 2.45) is 4.99 Å². The quantitative estimate of drug-likeness (QED) is 0.538. The average Bonchev–Trinajstić information content (AvgIpc) is 2.67. The van der Waals surface area contributed by atoms with Crippen LogP contribution in [-0.2, 0) is 19.5 Å². The number of aromatic nitrogens is 1. The molecule has 5 heteroatoms. The molecule has 0 amide bonds. The van der Waals surface area contributed by atoms with Gasteiger partial charge >= 0.3 is 0 Å². The van der Waals surface area contributed by atoms with E-state index in [1.165, 1.54) is 11.1 Å². The second-order valence-corrected chi connectivity index (χ2v) is 6.34. The highest BCUT2D eigenvalue weighted by atomic mass is 15.2. The molecule has 1 aromatic carbocycles. The van der Waals surface area contributed by atoms with Crippen molar-refractivity contribution in [3.8, 4) is 0 Å². The zero-order valence-corrected chi connectivity index (χ0v) is 16.2. The van der Waals surface area contributed by atoms with Crippen LogP contribution in [0, 0.1) is 0 Å². The number of hydrogen-bond acceptors (Lipinski definition) is 3. The third kappa shape index (κ3) is 7.23. The topological polar surface area (TPSA) is 52.6 Å². The van der Waals surface area contributed by atoms with Gasteiger partial charge < -0.3 is 15.5 Å². The minimum absolute atomic E-state index is 0.669. The van der Waals surface area contributed by atoms with E-state index in [-0.39, 0.29) is 0 Å². The Balaban J connectivity index is 1.90. The van der Waals surface area contributed by atoms with E-state index in [2.05, 4.69) is 65.7 Å². The monoisotopic (exact) mass is 353 g/mol. The van der Waals surface area contributed by atoms with Crippen LogP contribution in [0.4, 0.5) is 0 Å². The minimum atomic E-state index is 0.669. The van der Waals surface area contributed by atoms with Crippen LogP contribution in [0.1, 0.15) is 30.7 Å². The molecule has 0 spiro atoms. The van der Waals surface area contributed by atoms with Crippen molar-refractivity contribution < 1.29 is 0 Å². The molecule has 0 saturated heterocycles. The Hall–Kier alpha value is -2.40. The van der Waals surface area contributed by atoms with Gasteiger partial charge in [0.15, 0.2) is 5.96 Å². The molecule has 5 nitrogen and oxygen atoms in total. The van der Waals surface area contributed by atoms with E-state index in [9.17, 15) is 0 Å². The molecule has 0 bridgehead atoms. The lowest BCUT2D eigenvalue weighted by Crippen LogP contribution is -2.38. The van der Waals surface area contributed by atoms with Gasteiger partial charge in [-0.25, -0.2) is 4.99 Å². The summed E-state index contributed by atoms with van der Waals surface area (Å²) in [6.07, 6.45) is 2.71. The minimum Gasteiger partial charge on any atom is -0.357 e. The maximum absolute atomic E-state index is 4.72. The van der Waals surface area contributed by atoms with Crippen LogP contribution in [0.25, 0.3) is 0 Å². The predicted octanol–water partition coefficient (Wildman–Crippen LogP) is 2.83. The van der Waals surface area contributed by atoms with Gasteiger partial charge in [0.25, 0.3) is 0 Å². The zero-order valence-electron chi connectivity index (χ0n) is 16.2. The Morgan fingerprint density at radius 2 is 1.92 bits per heavy atom. The maximum Gasteiger partial charge on any atom is 0.191 e. The number of rotatable bonds is 9. The smallest absolute Gasteiger partial charge is 0.191 e. The number of aliphatic imine (C=N–C) groups is 1. The highest BCUT2D eigenvalue weighted by Gasteiger charge is 2.01. The fourth-order valence-corrected chi connectivity index (χ4v) is 2.62. The average molecular weight is 354 g/mol. The molecule has 0 aliphatic heterocycles. The van der Waals surface area contributed by atoms with Crippen LogP contribution in [0.5, 0.6) is 0 Å². The lowest BCUT2D eigenvalue weighted by molar-refractivity contribution is 0.345. The first-order valence-corrected chi connectivity index (χ1v) is 9.39. The number of nitrogens with one attached hydrogen (secondary N) is 2. The molecule has 2 rings (SSSR count).